The molecule has 0 bridgehead atoms. The number of hydrogen-bond donors (Lipinski definition) is 2. The SMILES string of the molecule is CCOP(=O)(O)CCOCCNC(C)(C)C. The van der Waals surface area contributed by atoms with E-state index in [-0.39, 0.29) is 24.9 Å². The quantitative estimate of drug-likeness (QED) is 0.508. The molecule has 1 unspecified atom stereocenters. The first-order valence-electron chi connectivity index (χ1n) is 5.56. The minimum Gasteiger partial charge on any atom is -0.379 e. The second-order valence-corrected chi connectivity index (χ2v) is 6.55. The lowest BCUT2D eigenvalue weighted by Gasteiger charge is -2.20. The van der Waals surface area contributed by atoms with E-state index in [1.165, 1.54) is 0 Å². The van der Waals surface area contributed by atoms with Gasteiger partial charge in [-0.15, -0.1) is 0 Å². The summed E-state index contributed by atoms with van der Waals surface area (Å²) in [7, 11) is -3.42. The Balaban J connectivity index is 3.44. The minimum atomic E-state index is -3.42. The van der Waals surface area contributed by atoms with Crippen molar-refractivity contribution in [2.45, 2.75) is 33.2 Å². The largest absolute Gasteiger partial charge is 0.379 e. The van der Waals surface area contributed by atoms with Gasteiger partial charge in [0.25, 0.3) is 0 Å². The Morgan fingerprint density at radius 3 is 2.44 bits per heavy atom. The highest BCUT2D eigenvalue weighted by Gasteiger charge is 2.17. The molecule has 0 aliphatic rings. The summed E-state index contributed by atoms with van der Waals surface area (Å²) in [4.78, 5) is 9.24. The third-order valence-electron chi connectivity index (χ3n) is 1.75. The normalized spacial score (nSPS) is 16.1. The first-order valence-corrected chi connectivity index (χ1v) is 7.32. The summed E-state index contributed by atoms with van der Waals surface area (Å²) >= 11 is 0. The standard InChI is InChI=1S/C10H24NO4P/c1-5-15-16(12,13)9-8-14-7-6-11-10(2,3)4/h11H,5-9H2,1-4H3,(H,12,13). The summed E-state index contributed by atoms with van der Waals surface area (Å²) < 4.78 is 21.2. The van der Waals surface area contributed by atoms with Crippen molar-refractivity contribution in [2.24, 2.45) is 0 Å². The molecule has 0 aliphatic heterocycles. The van der Waals surface area contributed by atoms with Crippen LogP contribution in [0.15, 0.2) is 0 Å². The predicted molar refractivity (Wildman–Crippen MR) is 64.9 cm³/mol. The van der Waals surface area contributed by atoms with Gasteiger partial charge in [0.15, 0.2) is 0 Å². The molecule has 0 rings (SSSR count). The van der Waals surface area contributed by atoms with Gasteiger partial charge in [-0.25, -0.2) is 0 Å². The lowest BCUT2D eigenvalue weighted by atomic mass is 10.1. The highest BCUT2D eigenvalue weighted by molar-refractivity contribution is 7.52. The second-order valence-electron chi connectivity index (χ2n) is 4.57. The third kappa shape index (κ3) is 10.6. The molecule has 98 valence electrons. The molecule has 0 spiro atoms. The van der Waals surface area contributed by atoms with Crippen LogP contribution < -0.4 is 5.32 Å². The maximum atomic E-state index is 11.2. The van der Waals surface area contributed by atoms with Crippen molar-refractivity contribution in [3.8, 4) is 0 Å². The number of rotatable bonds is 8. The molecule has 16 heavy (non-hydrogen) atoms. The van der Waals surface area contributed by atoms with E-state index in [0.29, 0.717) is 6.61 Å². The van der Waals surface area contributed by atoms with Gasteiger partial charge in [-0.3, -0.25) is 4.57 Å². The molecular weight excluding hydrogens is 229 g/mol. The zero-order valence-electron chi connectivity index (χ0n) is 10.7. The maximum Gasteiger partial charge on any atom is 0.330 e. The Morgan fingerprint density at radius 1 is 1.31 bits per heavy atom. The Morgan fingerprint density at radius 2 is 1.94 bits per heavy atom. The monoisotopic (exact) mass is 253 g/mol. The molecule has 2 N–H and O–H groups in total. The van der Waals surface area contributed by atoms with E-state index < -0.39 is 7.60 Å². The highest BCUT2D eigenvalue weighted by Crippen LogP contribution is 2.40. The van der Waals surface area contributed by atoms with Crippen LogP contribution in [0.5, 0.6) is 0 Å². The molecule has 0 heterocycles. The molecule has 0 aliphatic carbocycles. The van der Waals surface area contributed by atoms with Crippen molar-refractivity contribution in [3.05, 3.63) is 0 Å². The molecule has 5 nitrogen and oxygen atoms in total. The Labute approximate surface area is 98.1 Å². The van der Waals surface area contributed by atoms with Crippen LogP contribution in [0.1, 0.15) is 27.7 Å². The molecule has 0 aromatic rings. The predicted octanol–water partition coefficient (Wildman–Crippen LogP) is 1.61. The molecule has 0 fully saturated rings. The van der Waals surface area contributed by atoms with Gasteiger partial charge in [-0.1, -0.05) is 0 Å². The van der Waals surface area contributed by atoms with E-state index in [9.17, 15) is 9.46 Å². The minimum absolute atomic E-state index is 0.0519. The average molecular weight is 253 g/mol. The summed E-state index contributed by atoms with van der Waals surface area (Å²) in [5.41, 5.74) is 0.0704. The van der Waals surface area contributed by atoms with Crippen LogP contribution in [0.25, 0.3) is 0 Å². The number of ether oxygens (including phenoxy) is 1. The van der Waals surface area contributed by atoms with E-state index in [2.05, 4.69) is 26.1 Å². The fourth-order valence-electron chi connectivity index (χ4n) is 1.05. The summed E-state index contributed by atoms with van der Waals surface area (Å²) in [6, 6.07) is 0. The lowest BCUT2D eigenvalue weighted by molar-refractivity contribution is 0.139. The summed E-state index contributed by atoms with van der Waals surface area (Å²) in [6.07, 6.45) is 0.0519. The average Bonchev–Trinajstić information content (AvgIpc) is 2.09. The molecule has 0 radical (unpaired) electrons. The van der Waals surface area contributed by atoms with Crippen molar-refractivity contribution in [2.75, 3.05) is 32.5 Å². The van der Waals surface area contributed by atoms with E-state index >= 15 is 0 Å². The van der Waals surface area contributed by atoms with Gasteiger partial charge in [0.1, 0.15) is 0 Å². The molecule has 1 atom stereocenters. The zero-order chi connectivity index (χ0) is 12.7. The van der Waals surface area contributed by atoms with Gasteiger partial charge in [-0.05, 0) is 27.7 Å². The molecule has 0 aromatic heterocycles. The van der Waals surface area contributed by atoms with Gasteiger partial charge >= 0.3 is 7.60 Å². The zero-order valence-corrected chi connectivity index (χ0v) is 11.5. The molecule has 0 saturated carbocycles. The van der Waals surface area contributed by atoms with Crippen LogP contribution in [0.4, 0.5) is 0 Å². The van der Waals surface area contributed by atoms with E-state index in [4.69, 9.17) is 9.26 Å². The van der Waals surface area contributed by atoms with Crippen molar-refractivity contribution in [1.82, 2.24) is 5.32 Å². The second kappa shape index (κ2) is 7.41. The van der Waals surface area contributed by atoms with Crippen LogP contribution in [-0.4, -0.2) is 43.0 Å². The first-order chi connectivity index (χ1) is 7.27. The summed E-state index contributed by atoms with van der Waals surface area (Å²) in [5.74, 6) is 0. The van der Waals surface area contributed by atoms with Crippen molar-refractivity contribution >= 4 is 7.60 Å². The van der Waals surface area contributed by atoms with Crippen LogP contribution in [0.3, 0.4) is 0 Å². The van der Waals surface area contributed by atoms with E-state index in [1.807, 2.05) is 0 Å². The van der Waals surface area contributed by atoms with Gasteiger partial charge in [0.2, 0.25) is 0 Å². The van der Waals surface area contributed by atoms with Gasteiger partial charge in [-0.2, -0.15) is 0 Å². The molecule has 0 saturated heterocycles. The van der Waals surface area contributed by atoms with Crippen LogP contribution >= 0.6 is 7.60 Å². The molecule has 6 heteroatoms. The van der Waals surface area contributed by atoms with Gasteiger partial charge in [0, 0.05) is 12.1 Å². The Kier molecular flexibility index (Phi) is 7.44. The Hall–Kier alpha value is 0.0700. The van der Waals surface area contributed by atoms with Crippen molar-refractivity contribution in [1.29, 1.82) is 0 Å². The Bertz CT molecular complexity index is 227. The fourth-order valence-corrected chi connectivity index (χ4v) is 1.94. The summed E-state index contributed by atoms with van der Waals surface area (Å²) in [6.45, 7) is 9.67. The lowest BCUT2D eigenvalue weighted by Crippen LogP contribution is -2.38. The van der Waals surface area contributed by atoms with Crippen molar-refractivity contribution < 1.29 is 18.7 Å². The van der Waals surface area contributed by atoms with E-state index in [0.717, 1.165) is 6.54 Å². The first kappa shape index (κ1) is 16.1. The van der Waals surface area contributed by atoms with Crippen molar-refractivity contribution in [3.63, 3.8) is 0 Å². The highest BCUT2D eigenvalue weighted by atomic mass is 31.2. The molecular formula is C10H24NO4P. The van der Waals surface area contributed by atoms with Crippen LogP contribution in [0.2, 0.25) is 0 Å². The maximum absolute atomic E-state index is 11.2. The molecule has 0 amide bonds. The fraction of sp³-hybridized carbons (Fsp3) is 1.00. The third-order valence-corrected chi connectivity index (χ3v) is 3.16. The van der Waals surface area contributed by atoms with Crippen LogP contribution in [0, 0.1) is 0 Å². The number of nitrogens with one attached hydrogen (secondary N) is 1. The smallest absolute Gasteiger partial charge is 0.330 e. The van der Waals surface area contributed by atoms with Gasteiger partial charge in [0.05, 0.1) is 26.0 Å². The van der Waals surface area contributed by atoms with E-state index in [1.54, 1.807) is 6.92 Å². The topological polar surface area (TPSA) is 67.8 Å². The summed E-state index contributed by atoms with van der Waals surface area (Å²) in [5, 5.41) is 3.26. The van der Waals surface area contributed by atoms with Gasteiger partial charge < -0.3 is 19.5 Å². The molecule has 0 aromatic carbocycles. The van der Waals surface area contributed by atoms with Crippen LogP contribution in [-0.2, 0) is 13.8 Å². The number of hydrogen-bond acceptors (Lipinski definition) is 4.